The zero-order chi connectivity index (χ0) is 14.3. The third kappa shape index (κ3) is 2.18. The second kappa shape index (κ2) is 4.90. The van der Waals surface area contributed by atoms with E-state index in [1.54, 1.807) is 12.3 Å². The van der Waals surface area contributed by atoms with Gasteiger partial charge in [-0.05, 0) is 35.0 Å². The Morgan fingerprint density at radius 3 is 2.95 bits per heavy atom. The molecule has 0 aliphatic rings. The largest absolute Gasteiger partial charge is 0.369 e. The number of hydrogen-bond donors (Lipinski definition) is 1. The van der Waals surface area contributed by atoms with E-state index in [1.165, 1.54) is 6.07 Å². The molecule has 1 aromatic carbocycles. The Balaban J connectivity index is 2.06. The van der Waals surface area contributed by atoms with Crippen molar-refractivity contribution in [2.45, 2.75) is 19.5 Å². The van der Waals surface area contributed by atoms with Crippen molar-refractivity contribution in [2.75, 3.05) is 5.73 Å². The van der Waals surface area contributed by atoms with E-state index in [1.807, 2.05) is 28.4 Å². The first kappa shape index (κ1) is 13.1. The lowest BCUT2D eigenvalue weighted by Crippen LogP contribution is -2.15. The molecule has 0 fully saturated rings. The van der Waals surface area contributed by atoms with Crippen LogP contribution in [0.25, 0.3) is 11.0 Å². The third-order valence-electron chi connectivity index (χ3n) is 3.21. The first-order valence-corrected chi connectivity index (χ1v) is 6.95. The SMILES string of the molecule is CC(Cn1cccn1)n1c(N)nc2cc(Br)c(F)cc21. The second-order valence-electron chi connectivity index (χ2n) is 4.67. The Morgan fingerprint density at radius 2 is 2.25 bits per heavy atom. The van der Waals surface area contributed by atoms with Gasteiger partial charge in [0.25, 0.3) is 0 Å². The Bertz CT molecular complexity index is 750. The Morgan fingerprint density at radius 1 is 1.45 bits per heavy atom. The molecule has 2 N–H and O–H groups in total. The highest BCUT2D eigenvalue weighted by Gasteiger charge is 2.16. The van der Waals surface area contributed by atoms with Gasteiger partial charge >= 0.3 is 0 Å². The van der Waals surface area contributed by atoms with Gasteiger partial charge in [-0.1, -0.05) is 0 Å². The van der Waals surface area contributed by atoms with Crippen molar-refractivity contribution in [3.8, 4) is 0 Å². The number of nitrogens with two attached hydrogens (primary N) is 1. The van der Waals surface area contributed by atoms with Crippen LogP contribution in [0.15, 0.2) is 35.1 Å². The van der Waals surface area contributed by atoms with Crippen LogP contribution in [-0.4, -0.2) is 19.3 Å². The summed E-state index contributed by atoms with van der Waals surface area (Å²) in [5.74, 6) is 0.0436. The highest BCUT2D eigenvalue weighted by molar-refractivity contribution is 9.10. The Hall–Kier alpha value is -1.89. The van der Waals surface area contributed by atoms with E-state index in [2.05, 4.69) is 26.0 Å². The predicted molar refractivity (Wildman–Crippen MR) is 78.7 cm³/mol. The molecule has 7 heteroatoms. The second-order valence-corrected chi connectivity index (χ2v) is 5.53. The minimum absolute atomic E-state index is 0.0143. The van der Waals surface area contributed by atoms with E-state index >= 15 is 0 Å². The van der Waals surface area contributed by atoms with E-state index in [9.17, 15) is 4.39 Å². The number of benzene rings is 1. The lowest BCUT2D eigenvalue weighted by molar-refractivity contribution is 0.449. The van der Waals surface area contributed by atoms with Crippen LogP contribution >= 0.6 is 15.9 Å². The van der Waals surface area contributed by atoms with Gasteiger partial charge in [0, 0.05) is 18.5 Å². The Kier molecular flexibility index (Phi) is 3.21. The molecule has 0 radical (unpaired) electrons. The molecule has 3 aromatic rings. The normalized spacial score (nSPS) is 12.9. The summed E-state index contributed by atoms with van der Waals surface area (Å²) in [6.45, 7) is 2.64. The number of halogens is 2. The standard InChI is InChI=1S/C13H13BrFN5/c1-8(7-19-4-2-3-17-19)20-12-6-10(15)9(14)5-11(12)18-13(20)16/h2-6,8H,7H2,1H3,(H2,16,18). The molecule has 0 spiro atoms. The van der Waals surface area contributed by atoms with Gasteiger partial charge in [0.1, 0.15) is 5.82 Å². The number of rotatable bonds is 3. The Labute approximate surface area is 123 Å². The van der Waals surface area contributed by atoms with Crippen LogP contribution in [0.1, 0.15) is 13.0 Å². The van der Waals surface area contributed by atoms with Gasteiger partial charge in [-0.15, -0.1) is 0 Å². The van der Waals surface area contributed by atoms with Gasteiger partial charge < -0.3 is 10.3 Å². The number of imidazole rings is 1. The number of aromatic nitrogens is 4. The van der Waals surface area contributed by atoms with Crippen LogP contribution in [0.5, 0.6) is 0 Å². The molecule has 0 amide bonds. The van der Waals surface area contributed by atoms with Gasteiger partial charge in [0.15, 0.2) is 0 Å². The fourth-order valence-electron chi connectivity index (χ4n) is 2.33. The lowest BCUT2D eigenvalue weighted by atomic mass is 10.2. The molecule has 2 aromatic heterocycles. The van der Waals surface area contributed by atoms with Gasteiger partial charge in [-0.2, -0.15) is 5.10 Å². The lowest BCUT2D eigenvalue weighted by Gasteiger charge is -2.16. The summed E-state index contributed by atoms with van der Waals surface area (Å²) in [5.41, 5.74) is 7.32. The van der Waals surface area contributed by atoms with Gasteiger partial charge in [0.05, 0.1) is 28.1 Å². The zero-order valence-corrected chi connectivity index (χ0v) is 12.4. The van der Waals surface area contributed by atoms with Crippen molar-refractivity contribution >= 4 is 32.9 Å². The molecule has 1 unspecified atom stereocenters. The van der Waals surface area contributed by atoms with Crippen molar-refractivity contribution < 1.29 is 4.39 Å². The molecule has 0 aliphatic heterocycles. The quantitative estimate of drug-likeness (QED) is 0.799. The summed E-state index contributed by atoms with van der Waals surface area (Å²) in [7, 11) is 0. The van der Waals surface area contributed by atoms with Crippen LogP contribution in [0.2, 0.25) is 0 Å². The first-order valence-electron chi connectivity index (χ1n) is 6.16. The summed E-state index contributed by atoms with van der Waals surface area (Å²) < 4.78 is 17.8. The number of nitrogens with zero attached hydrogens (tertiary/aromatic N) is 4. The minimum atomic E-state index is -0.329. The molecular weight excluding hydrogens is 325 g/mol. The maximum absolute atomic E-state index is 13.7. The predicted octanol–water partition coefficient (Wildman–Crippen LogP) is 2.98. The average molecular weight is 338 g/mol. The van der Waals surface area contributed by atoms with Crippen molar-refractivity contribution in [3.63, 3.8) is 0 Å². The topological polar surface area (TPSA) is 61.7 Å². The first-order chi connectivity index (χ1) is 9.56. The van der Waals surface area contributed by atoms with E-state index in [0.29, 0.717) is 28.0 Å². The van der Waals surface area contributed by atoms with E-state index in [-0.39, 0.29) is 11.9 Å². The van der Waals surface area contributed by atoms with Crippen molar-refractivity contribution in [2.24, 2.45) is 0 Å². The molecule has 20 heavy (non-hydrogen) atoms. The molecule has 5 nitrogen and oxygen atoms in total. The van der Waals surface area contributed by atoms with E-state index in [0.717, 1.165) is 0 Å². The highest BCUT2D eigenvalue weighted by Crippen LogP contribution is 2.28. The van der Waals surface area contributed by atoms with Crippen LogP contribution in [0.3, 0.4) is 0 Å². The number of fused-ring (bicyclic) bond motifs is 1. The molecule has 0 saturated carbocycles. The number of nitrogen functional groups attached to an aromatic ring is 1. The number of anilines is 1. The smallest absolute Gasteiger partial charge is 0.201 e. The summed E-state index contributed by atoms with van der Waals surface area (Å²) in [4.78, 5) is 4.28. The minimum Gasteiger partial charge on any atom is -0.369 e. The van der Waals surface area contributed by atoms with Crippen LogP contribution in [0.4, 0.5) is 10.3 Å². The van der Waals surface area contributed by atoms with Crippen molar-refractivity contribution in [1.29, 1.82) is 0 Å². The molecule has 1 atom stereocenters. The summed E-state index contributed by atoms with van der Waals surface area (Å²) in [6.07, 6.45) is 3.60. The third-order valence-corrected chi connectivity index (χ3v) is 3.82. The average Bonchev–Trinajstić information content (AvgIpc) is 2.97. The van der Waals surface area contributed by atoms with Gasteiger partial charge in [0.2, 0.25) is 5.95 Å². The molecular formula is C13H13BrFN5. The monoisotopic (exact) mass is 337 g/mol. The highest BCUT2D eigenvalue weighted by atomic mass is 79.9. The number of hydrogen-bond acceptors (Lipinski definition) is 3. The fraction of sp³-hybridized carbons (Fsp3) is 0.231. The molecule has 0 bridgehead atoms. The molecule has 2 heterocycles. The maximum Gasteiger partial charge on any atom is 0.201 e. The zero-order valence-electron chi connectivity index (χ0n) is 10.8. The van der Waals surface area contributed by atoms with Crippen LogP contribution in [0, 0.1) is 5.82 Å². The maximum atomic E-state index is 13.7. The molecule has 3 rings (SSSR count). The van der Waals surface area contributed by atoms with Crippen molar-refractivity contribution in [3.05, 3.63) is 40.9 Å². The van der Waals surface area contributed by atoms with Gasteiger partial charge in [-0.3, -0.25) is 4.68 Å². The van der Waals surface area contributed by atoms with Crippen molar-refractivity contribution in [1.82, 2.24) is 19.3 Å². The van der Waals surface area contributed by atoms with E-state index in [4.69, 9.17) is 5.73 Å². The summed E-state index contributed by atoms with van der Waals surface area (Å²) in [5, 5.41) is 4.17. The van der Waals surface area contributed by atoms with Gasteiger partial charge in [-0.25, -0.2) is 9.37 Å². The summed E-state index contributed by atoms with van der Waals surface area (Å²) >= 11 is 3.16. The molecule has 104 valence electrons. The molecule has 0 saturated heterocycles. The van der Waals surface area contributed by atoms with Crippen LogP contribution < -0.4 is 5.73 Å². The van der Waals surface area contributed by atoms with E-state index < -0.39 is 0 Å². The van der Waals surface area contributed by atoms with Crippen LogP contribution in [-0.2, 0) is 6.54 Å². The molecule has 0 aliphatic carbocycles. The fourth-order valence-corrected chi connectivity index (χ4v) is 2.66. The summed E-state index contributed by atoms with van der Waals surface area (Å²) in [6, 6.07) is 4.96.